The standard InChI is InChI=1S/C18H25B2N3/c1-14-19(4)22(15-10-7-6-8-11-15)17-18(2,3)21-13-9-12-16(21)23(17)20(14)5/h6-14,17H,1-5H3. The predicted octanol–water partition coefficient (Wildman–Crippen LogP) is 4.06. The number of nitrogens with zero attached hydrogens (tertiary/aromatic N) is 3. The van der Waals surface area contributed by atoms with E-state index in [0.717, 1.165) is 0 Å². The second-order valence-corrected chi connectivity index (χ2v) is 7.75. The van der Waals surface area contributed by atoms with Crippen molar-refractivity contribution in [3.8, 4) is 0 Å². The van der Waals surface area contributed by atoms with E-state index in [0.29, 0.717) is 25.6 Å². The van der Waals surface area contributed by atoms with E-state index < -0.39 is 0 Å². The predicted molar refractivity (Wildman–Crippen MR) is 102 cm³/mol. The summed E-state index contributed by atoms with van der Waals surface area (Å²) in [7, 11) is 0. The fraction of sp³-hybridized carbons (Fsp3) is 0.444. The Hall–Kier alpha value is -1.77. The van der Waals surface area contributed by atoms with Crippen LogP contribution in [0.4, 0.5) is 11.5 Å². The maximum Gasteiger partial charge on any atom is 0.253 e. The second kappa shape index (κ2) is 4.86. The number of anilines is 2. The molecule has 0 spiro atoms. The van der Waals surface area contributed by atoms with Crippen LogP contribution < -0.4 is 9.62 Å². The van der Waals surface area contributed by atoms with Crippen LogP contribution >= 0.6 is 0 Å². The summed E-state index contributed by atoms with van der Waals surface area (Å²) in [5.41, 5.74) is 1.97. The average Bonchev–Trinajstić information content (AvgIpc) is 3.09. The molecule has 0 saturated carbocycles. The van der Waals surface area contributed by atoms with Crippen LogP contribution in [0, 0.1) is 0 Å². The molecule has 2 aromatic rings. The molecule has 4 rings (SSSR count). The van der Waals surface area contributed by atoms with Crippen molar-refractivity contribution in [3.05, 3.63) is 48.7 Å². The van der Waals surface area contributed by atoms with Crippen molar-refractivity contribution in [3.63, 3.8) is 0 Å². The van der Waals surface area contributed by atoms with E-state index in [1.807, 2.05) is 0 Å². The molecule has 5 heteroatoms. The van der Waals surface area contributed by atoms with Crippen LogP contribution in [-0.2, 0) is 5.54 Å². The highest BCUT2D eigenvalue weighted by atomic mass is 15.5. The van der Waals surface area contributed by atoms with Gasteiger partial charge in [-0.15, -0.1) is 0 Å². The molecule has 3 nitrogen and oxygen atoms in total. The molecule has 3 heterocycles. The minimum absolute atomic E-state index is 0.0390. The molecule has 2 atom stereocenters. The minimum atomic E-state index is 0.0390. The van der Waals surface area contributed by atoms with Gasteiger partial charge < -0.3 is 14.2 Å². The molecular formula is C18H25B2N3. The third-order valence-electron chi connectivity index (χ3n) is 6.23. The zero-order valence-corrected chi connectivity index (χ0v) is 14.8. The van der Waals surface area contributed by atoms with E-state index >= 15 is 0 Å². The van der Waals surface area contributed by atoms with Gasteiger partial charge in [-0.05, 0) is 43.8 Å². The summed E-state index contributed by atoms with van der Waals surface area (Å²) in [6, 6.07) is 15.3. The van der Waals surface area contributed by atoms with Crippen molar-refractivity contribution in [2.45, 2.75) is 51.8 Å². The van der Waals surface area contributed by atoms with Crippen LogP contribution in [0.25, 0.3) is 0 Å². The van der Waals surface area contributed by atoms with Crippen LogP contribution in [0.2, 0.25) is 19.4 Å². The van der Waals surface area contributed by atoms with Gasteiger partial charge in [0.15, 0.2) is 0 Å². The Morgan fingerprint density at radius 3 is 2.26 bits per heavy atom. The molecule has 1 fully saturated rings. The van der Waals surface area contributed by atoms with Gasteiger partial charge in [0.05, 0.1) is 11.4 Å². The van der Waals surface area contributed by atoms with Crippen molar-refractivity contribution in [1.82, 2.24) is 4.57 Å². The summed E-state index contributed by atoms with van der Waals surface area (Å²) in [4.78, 5) is 5.27. The lowest BCUT2D eigenvalue weighted by Gasteiger charge is -2.54. The molecule has 0 amide bonds. The first-order valence-corrected chi connectivity index (χ1v) is 8.74. The Kier molecular flexibility index (Phi) is 3.13. The monoisotopic (exact) mass is 305 g/mol. The van der Waals surface area contributed by atoms with Gasteiger partial charge in [0.2, 0.25) is 0 Å². The van der Waals surface area contributed by atoms with Gasteiger partial charge >= 0.3 is 0 Å². The number of fused-ring (bicyclic) bond motifs is 3. The Balaban J connectivity index is 1.89. The first-order chi connectivity index (χ1) is 10.9. The molecule has 23 heavy (non-hydrogen) atoms. The first kappa shape index (κ1) is 14.8. The van der Waals surface area contributed by atoms with Crippen molar-refractivity contribution >= 4 is 25.2 Å². The van der Waals surface area contributed by atoms with Gasteiger partial charge in [-0.25, -0.2) is 0 Å². The summed E-state index contributed by atoms with van der Waals surface area (Å²) in [6.07, 6.45) is 2.58. The molecule has 0 aliphatic carbocycles. The molecule has 0 N–H and O–H groups in total. The van der Waals surface area contributed by atoms with Gasteiger partial charge in [-0.1, -0.05) is 38.8 Å². The van der Waals surface area contributed by atoms with Gasteiger partial charge in [0, 0.05) is 11.9 Å². The molecule has 0 radical (unpaired) electrons. The topological polar surface area (TPSA) is 11.4 Å². The third kappa shape index (κ3) is 1.85. The van der Waals surface area contributed by atoms with Crippen molar-refractivity contribution in [2.75, 3.05) is 9.62 Å². The van der Waals surface area contributed by atoms with Crippen LogP contribution in [0.15, 0.2) is 48.7 Å². The smallest absolute Gasteiger partial charge is 0.253 e. The maximum atomic E-state index is 2.64. The highest BCUT2D eigenvalue weighted by Gasteiger charge is 2.56. The van der Waals surface area contributed by atoms with E-state index in [1.165, 1.54) is 11.5 Å². The summed E-state index contributed by atoms with van der Waals surface area (Å²) >= 11 is 0. The average molecular weight is 305 g/mol. The summed E-state index contributed by atoms with van der Waals surface area (Å²) in [6.45, 7) is 12.9. The number of hydrogen-bond acceptors (Lipinski definition) is 2. The molecule has 1 aromatic carbocycles. The van der Waals surface area contributed by atoms with Gasteiger partial charge in [0.25, 0.3) is 13.7 Å². The normalized spacial score (nSPS) is 25.6. The highest BCUT2D eigenvalue weighted by molar-refractivity contribution is 6.84. The lowest BCUT2D eigenvalue weighted by atomic mass is 9.30. The number of aromatic nitrogens is 1. The van der Waals surface area contributed by atoms with E-state index in [-0.39, 0.29) is 5.54 Å². The summed E-state index contributed by atoms with van der Waals surface area (Å²) in [5, 5.41) is 0. The molecule has 2 unspecified atom stereocenters. The van der Waals surface area contributed by atoms with Crippen molar-refractivity contribution in [2.24, 2.45) is 0 Å². The fourth-order valence-corrected chi connectivity index (χ4v) is 4.67. The van der Waals surface area contributed by atoms with Crippen LogP contribution in [-0.4, -0.2) is 24.4 Å². The SMILES string of the molecule is CB1C(C)B(C)N2c3cccn3C(C)(C)C2N1c1ccccc1. The Bertz CT molecular complexity index is 712. The Morgan fingerprint density at radius 1 is 0.913 bits per heavy atom. The fourth-order valence-electron chi connectivity index (χ4n) is 4.67. The number of rotatable bonds is 1. The first-order valence-electron chi connectivity index (χ1n) is 8.74. The Morgan fingerprint density at radius 2 is 1.57 bits per heavy atom. The lowest BCUT2D eigenvalue weighted by Crippen LogP contribution is -2.69. The van der Waals surface area contributed by atoms with Crippen LogP contribution in [0.1, 0.15) is 20.8 Å². The van der Waals surface area contributed by atoms with Crippen molar-refractivity contribution < 1.29 is 0 Å². The lowest BCUT2D eigenvalue weighted by molar-refractivity contribution is 0.333. The van der Waals surface area contributed by atoms with Crippen molar-refractivity contribution in [1.29, 1.82) is 0 Å². The third-order valence-corrected chi connectivity index (χ3v) is 6.23. The van der Waals surface area contributed by atoms with Gasteiger partial charge in [-0.3, -0.25) is 0 Å². The summed E-state index contributed by atoms with van der Waals surface area (Å²) in [5.74, 6) is 1.35. The van der Waals surface area contributed by atoms with E-state index in [9.17, 15) is 0 Å². The van der Waals surface area contributed by atoms with Gasteiger partial charge in [0.1, 0.15) is 6.17 Å². The Labute approximate surface area is 140 Å². The molecule has 1 saturated heterocycles. The van der Waals surface area contributed by atoms with E-state index in [4.69, 9.17) is 0 Å². The molecule has 2 aliphatic heterocycles. The zero-order valence-electron chi connectivity index (χ0n) is 14.8. The van der Waals surface area contributed by atoms with Crippen LogP contribution in [0.5, 0.6) is 0 Å². The van der Waals surface area contributed by atoms with Crippen LogP contribution in [0.3, 0.4) is 0 Å². The number of benzene rings is 1. The molecule has 0 bridgehead atoms. The minimum Gasteiger partial charge on any atom is -0.396 e. The van der Waals surface area contributed by atoms with Gasteiger partial charge in [-0.2, -0.15) is 0 Å². The highest BCUT2D eigenvalue weighted by Crippen LogP contribution is 2.48. The molecular weight excluding hydrogens is 280 g/mol. The molecule has 2 aliphatic rings. The molecule has 1 aromatic heterocycles. The maximum absolute atomic E-state index is 2.64. The summed E-state index contributed by atoms with van der Waals surface area (Å²) < 4.78 is 2.45. The largest absolute Gasteiger partial charge is 0.396 e. The van der Waals surface area contributed by atoms with E-state index in [1.54, 1.807) is 0 Å². The van der Waals surface area contributed by atoms with E-state index in [2.05, 4.69) is 97.3 Å². The molecule has 118 valence electrons. The quantitative estimate of drug-likeness (QED) is 0.736. The number of para-hydroxylation sites is 1. The number of hydrogen-bond donors (Lipinski definition) is 0. The zero-order chi connectivity index (χ0) is 16.4. The second-order valence-electron chi connectivity index (χ2n) is 7.75.